The first-order chi connectivity index (χ1) is 8.43. The van der Waals surface area contributed by atoms with Gasteiger partial charge in [0.2, 0.25) is 0 Å². The van der Waals surface area contributed by atoms with E-state index in [1.54, 1.807) is 11.0 Å². The van der Waals surface area contributed by atoms with Crippen LogP contribution in [-0.2, 0) is 5.41 Å². The lowest BCUT2D eigenvalue weighted by atomic mass is 9.93. The SMILES string of the molecule is CC(C)(C)c1cc(C(=O)N(CCO)C2CC2)no1. The zero-order valence-corrected chi connectivity index (χ0v) is 11.1. The molecule has 0 unspecified atom stereocenters. The molecule has 1 heterocycles. The highest BCUT2D eigenvalue weighted by Crippen LogP contribution is 2.29. The number of nitrogens with zero attached hydrogens (tertiary/aromatic N) is 2. The minimum Gasteiger partial charge on any atom is -0.395 e. The van der Waals surface area contributed by atoms with Gasteiger partial charge in [0, 0.05) is 24.1 Å². The molecular weight excluding hydrogens is 232 g/mol. The summed E-state index contributed by atoms with van der Waals surface area (Å²) >= 11 is 0. The number of hydrogen-bond donors (Lipinski definition) is 1. The Bertz CT molecular complexity index is 430. The van der Waals surface area contributed by atoms with Gasteiger partial charge in [0.05, 0.1) is 6.61 Å². The highest BCUT2D eigenvalue weighted by molar-refractivity contribution is 5.92. The van der Waals surface area contributed by atoms with Gasteiger partial charge in [-0.2, -0.15) is 0 Å². The Hall–Kier alpha value is -1.36. The molecular formula is C13H20N2O3. The van der Waals surface area contributed by atoms with Crippen LogP contribution in [0.2, 0.25) is 0 Å². The van der Waals surface area contributed by atoms with Crippen molar-refractivity contribution in [2.24, 2.45) is 0 Å². The number of carbonyl (C=O) groups is 1. The van der Waals surface area contributed by atoms with Crippen molar-refractivity contribution in [2.75, 3.05) is 13.2 Å². The monoisotopic (exact) mass is 252 g/mol. The molecule has 0 spiro atoms. The third-order valence-electron chi connectivity index (χ3n) is 3.06. The van der Waals surface area contributed by atoms with Crippen molar-refractivity contribution in [1.29, 1.82) is 0 Å². The van der Waals surface area contributed by atoms with Crippen molar-refractivity contribution < 1.29 is 14.4 Å². The minimum atomic E-state index is -0.160. The fraction of sp³-hybridized carbons (Fsp3) is 0.692. The van der Waals surface area contributed by atoms with Crippen molar-refractivity contribution >= 4 is 5.91 Å². The molecule has 1 saturated carbocycles. The van der Waals surface area contributed by atoms with Crippen LogP contribution in [0.15, 0.2) is 10.6 Å². The second-order valence-corrected chi connectivity index (χ2v) is 5.78. The van der Waals surface area contributed by atoms with E-state index in [1.807, 2.05) is 20.8 Å². The summed E-state index contributed by atoms with van der Waals surface area (Å²) in [5.74, 6) is 0.552. The first kappa shape index (κ1) is 13.1. The Morgan fingerprint density at radius 3 is 2.67 bits per heavy atom. The van der Waals surface area contributed by atoms with Crippen LogP contribution in [0.1, 0.15) is 49.9 Å². The van der Waals surface area contributed by atoms with Crippen LogP contribution in [0, 0.1) is 0 Å². The van der Waals surface area contributed by atoms with Gasteiger partial charge in [0.25, 0.3) is 5.91 Å². The predicted molar refractivity (Wildman–Crippen MR) is 66.3 cm³/mol. The number of hydrogen-bond acceptors (Lipinski definition) is 4. The fourth-order valence-corrected chi connectivity index (χ4v) is 1.82. The molecule has 5 heteroatoms. The summed E-state index contributed by atoms with van der Waals surface area (Å²) in [6, 6.07) is 1.97. The normalized spacial score (nSPS) is 15.8. The van der Waals surface area contributed by atoms with Gasteiger partial charge in [-0.3, -0.25) is 4.79 Å². The Morgan fingerprint density at radius 1 is 1.56 bits per heavy atom. The largest absolute Gasteiger partial charge is 0.395 e. The van der Waals surface area contributed by atoms with Gasteiger partial charge >= 0.3 is 0 Å². The average Bonchev–Trinajstić information content (AvgIpc) is 2.99. The highest BCUT2D eigenvalue weighted by atomic mass is 16.5. The molecule has 0 radical (unpaired) electrons. The zero-order chi connectivity index (χ0) is 13.3. The molecule has 0 saturated heterocycles. The average molecular weight is 252 g/mol. The molecule has 0 bridgehead atoms. The Morgan fingerprint density at radius 2 is 2.22 bits per heavy atom. The van der Waals surface area contributed by atoms with Crippen LogP contribution in [-0.4, -0.2) is 40.3 Å². The first-order valence-electron chi connectivity index (χ1n) is 6.32. The summed E-state index contributed by atoms with van der Waals surface area (Å²) in [4.78, 5) is 13.9. The zero-order valence-electron chi connectivity index (χ0n) is 11.1. The summed E-state index contributed by atoms with van der Waals surface area (Å²) in [7, 11) is 0. The summed E-state index contributed by atoms with van der Waals surface area (Å²) in [6.45, 7) is 6.36. The van der Waals surface area contributed by atoms with Crippen molar-refractivity contribution in [1.82, 2.24) is 10.1 Å². The summed E-state index contributed by atoms with van der Waals surface area (Å²) in [6.07, 6.45) is 2.02. The molecule has 0 atom stereocenters. The molecule has 100 valence electrons. The van der Waals surface area contributed by atoms with E-state index < -0.39 is 0 Å². The number of amides is 1. The van der Waals surface area contributed by atoms with Gasteiger partial charge < -0.3 is 14.5 Å². The van der Waals surface area contributed by atoms with Gasteiger partial charge in [0.15, 0.2) is 5.69 Å². The van der Waals surface area contributed by atoms with E-state index in [1.165, 1.54) is 0 Å². The molecule has 1 fully saturated rings. The lowest BCUT2D eigenvalue weighted by Gasteiger charge is -2.19. The van der Waals surface area contributed by atoms with E-state index in [9.17, 15) is 4.79 Å². The molecule has 1 aliphatic rings. The van der Waals surface area contributed by atoms with Crippen LogP contribution in [0.4, 0.5) is 0 Å². The molecule has 1 aromatic rings. The number of aromatic nitrogens is 1. The lowest BCUT2D eigenvalue weighted by molar-refractivity contribution is 0.0697. The molecule has 18 heavy (non-hydrogen) atoms. The van der Waals surface area contributed by atoms with Gasteiger partial charge in [-0.05, 0) is 12.8 Å². The third-order valence-corrected chi connectivity index (χ3v) is 3.06. The Balaban J connectivity index is 2.14. The second-order valence-electron chi connectivity index (χ2n) is 5.78. The number of aliphatic hydroxyl groups excluding tert-OH is 1. The van der Waals surface area contributed by atoms with Gasteiger partial charge in [-0.15, -0.1) is 0 Å². The Labute approximate surface area is 107 Å². The molecule has 1 amide bonds. The molecule has 0 aromatic carbocycles. The second kappa shape index (κ2) is 4.72. The van der Waals surface area contributed by atoms with E-state index in [4.69, 9.17) is 9.63 Å². The molecule has 0 aliphatic heterocycles. The van der Waals surface area contributed by atoms with Crippen molar-refractivity contribution in [3.8, 4) is 0 Å². The lowest BCUT2D eigenvalue weighted by Crippen LogP contribution is -2.35. The van der Waals surface area contributed by atoms with Gasteiger partial charge in [-0.25, -0.2) is 0 Å². The molecule has 1 aliphatic carbocycles. The number of carbonyl (C=O) groups excluding carboxylic acids is 1. The van der Waals surface area contributed by atoms with E-state index in [0.29, 0.717) is 18.0 Å². The van der Waals surface area contributed by atoms with Crippen molar-refractivity contribution in [3.63, 3.8) is 0 Å². The van der Waals surface area contributed by atoms with Crippen LogP contribution in [0.5, 0.6) is 0 Å². The summed E-state index contributed by atoms with van der Waals surface area (Å²) in [5.41, 5.74) is 0.174. The summed E-state index contributed by atoms with van der Waals surface area (Å²) in [5, 5.41) is 12.9. The van der Waals surface area contributed by atoms with Crippen molar-refractivity contribution in [2.45, 2.75) is 45.1 Å². The van der Waals surface area contributed by atoms with E-state index in [0.717, 1.165) is 12.8 Å². The molecule has 5 nitrogen and oxygen atoms in total. The van der Waals surface area contributed by atoms with Crippen LogP contribution in [0.3, 0.4) is 0 Å². The minimum absolute atomic E-state index is 0.0216. The van der Waals surface area contributed by atoms with Crippen molar-refractivity contribution in [3.05, 3.63) is 17.5 Å². The van der Waals surface area contributed by atoms with Crippen LogP contribution in [0.25, 0.3) is 0 Å². The summed E-state index contributed by atoms with van der Waals surface area (Å²) < 4.78 is 5.22. The standard InChI is InChI=1S/C13H20N2O3/c1-13(2,3)11-8-10(14-18-11)12(17)15(6-7-16)9-4-5-9/h8-9,16H,4-7H2,1-3H3. The molecule has 1 aromatic heterocycles. The maximum absolute atomic E-state index is 12.2. The number of rotatable bonds is 4. The topological polar surface area (TPSA) is 66.6 Å². The van der Waals surface area contributed by atoms with Crippen LogP contribution < -0.4 is 0 Å². The van der Waals surface area contributed by atoms with Gasteiger partial charge in [-0.1, -0.05) is 25.9 Å². The van der Waals surface area contributed by atoms with E-state index in [-0.39, 0.29) is 24.0 Å². The van der Waals surface area contributed by atoms with Gasteiger partial charge in [0.1, 0.15) is 5.76 Å². The van der Waals surface area contributed by atoms with E-state index >= 15 is 0 Å². The fourth-order valence-electron chi connectivity index (χ4n) is 1.82. The smallest absolute Gasteiger partial charge is 0.276 e. The number of aliphatic hydroxyl groups is 1. The molecule has 1 N–H and O–H groups in total. The quantitative estimate of drug-likeness (QED) is 0.883. The van der Waals surface area contributed by atoms with Crippen LogP contribution >= 0.6 is 0 Å². The third kappa shape index (κ3) is 2.72. The molecule has 2 rings (SSSR count). The highest BCUT2D eigenvalue weighted by Gasteiger charge is 2.34. The predicted octanol–water partition coefficient (Wildman–Crippen LogP) is 1.57. The maximum Gasteiger partial charge on any atom is 0.276 e. The Kier molecular flexibility index (Phi) is 3.43. The maximum atomic E-state index is 12.2. The first-order valence-corrected chi connectivity index (χ1v) is 6.32. The van der Waals surface area contributed by atoms with E-state index in [2.05, 4.69) is 5.16 Å².